The SMILES string of the molecule is C=C(NC(C)C)C1=CCC(N)S1. The fourth-order valence-electron chi connectivity index (χ4n) is 1.10. The molecule has 2 nitrogen and oxygen atoms in total. The van der Waals surface area contributed by atoms with Gasteiger partial charge in [-0.05, 0) is 20.3 Å². The van der Waals surface area contributed by atoms with Crippen LogP contribution in [0, 0.1) is 0 Å². The molecular formula is C9H16N2S. The van der Waals surface area contributed by atoms with Gasteiger partial charge in [0.05, 0.1) is 5.37 Å². The molecule has 0 aliphatic carbocycles. The van der Waals surface area contributed by atoms with Crippen LogP contribution in [-0.4, -0.2) is 11.4 Å². The smallest absolute Gasteiger partial charge is 0.0590 e. The van der Waals surface area contributed by atoms with Crippen LogP contribution >= 0.6 is 11.8 Å². The number of hydrogen-bond donors (Lipinski definition) is 2. The number of nitrogens with one attached hydrogen (secondary N) is 1. The molecule has 0 fully saturated rings. The van der Waals surface area contributed by atoms with Crippen LogP contribution in [0.3, 0.4) is 0 Å². The molecule has 1 unspecified atom stereocenters. The molecule has 3 N–H and O–H groups in total. The molecule has 1 heterocycles. The van der Waals surface area contributed by atoms with Gasteiger partial charge in [-0.2, -0.15) is 0 Å². The van der Waals surface area contributed by atoms with Crippen LogP contribution < -0.4 is 11.1 Å². The van der Waals surface area contributed by atoms with Crippen molar-refractivity contribution in [3.05, 3.63) is 23.3 Å². The molecule has 68 valence electrons. The highest BCUT2D eigenvalue weighted by Gasteiger charge is 2.15. The Morgan fingerprint density at radius 3 is 2.92 bits per heavy atom. The molecular weight excluding hydrogens is 168 g/mol. The normalized spacial score (nSPS) is 22.7. The van der Waals surface area contributed by atoms with Crippen molar-refractivity contribution in [2.45, 2.75) is 31.7 Å². The lowest BCUT2D eigenvalue weighted by Gasteiger charge is -2.13. The monoisotopic (exact) mass is 184 g/mol. The van der Waals surface area contributed by atoms with Gasteiger partial charge in [-0.3, -0.25) is 0 Å². The highest BCUT2D eigenvalue weighted by Crippen LogP contribution is 2.32. The number of rotatable bonds is 3. The summed E-state index contributed by atoms with van der Waals surface area (Å²) in [5.41, 5.74) is 6.74. The Morgan fingerprint density at radius 2 is 2.50 bits per heavy atom. The molecule has 0 aromatic carbocycles. The Morgan fingerprint density at radius 1 is 1.83 bits per heavy atom. The summed E-state index contributed by atoms with van der Waals surface area (Å²) in [5, 5.41) is 3.49. The summed E-state index contributed by atoms with van der Waals surface area (Å²) in [6.07, 6.45) is 3.10. The first-order valence-electron chi connectivity index (χ1n) is 4.18. The second-order valence-corrected chi connectivity index (χ2v) is 4.52. The van der Waals surface area contributed by atoms with Crippen LogP contribution in [0.1, 0.15) is 20.3 Å². The van der Waals surface area contributed by atoms with Gasteiger partial charge in [-0.15, -0.1) is 11.8 Å². The Hall–Kier alpha value is -0.410. The van der Waals surface area contributed by atoms with Crippen molar-refractivity contribution >= 4 is 11.8 Å². The molecule has 0 aromatic heterocycles. The van der Waals surface area contributed by atoms with E-state index in [4.69, 9.17) is 5.73 Å². The van der Waals surface area contributed by atoms with Gasteiger partial charge >= 0.3 is 0 Å². The van der Waals surface area contributed by atoms with E-state index in [1.807, 2.05) is 0 Å². The summed E-state index contributed by atoms with van der Waals surface area (Å²) >= 11 is 1.69. The number of hydrogen-bond acceptors (Lipinski definition) is 3. The summed E-state index contributed by atoms with van der Waals surface area (Å²) in [7, 11) is 0. The molecule has 1 rings (SSSR count). The first-order chi connectivity index (χ1) is 5.59. The van der Waals surface area contributed by atoms with Gasteiger partial charge in [0.15, 0.2) is 0 Å². The Kier molecular flexibility index (Phi) is 3.23. The Labute approximate surface area is 78.3 Å². The van der Waals surface area contributed by atoms with E-state index in [1.54, 1.807) is 11.8 Å². The summed E-state index contributed by atoms with van der Waals surface area (Å²) in [6.45, 7) is 8.16. The highest BCUT2D eigenvalue weighted by atomic mass is 32.2. The molecule has 0 radical (unpaired) electrons. The summed E-state index contributed by atoms with van der Waals surface area (Å²) in [5.74, 6) is 0. The minimum Gasteiger partial charge on any atom is -0.382 e. The number of nitrogens with two attached hydrogens (primary N) is 1. The van der Waals surface area contributed by atoms with E-state index in [0.29, 0.717) is 6.04 Å². The van der Waals surface area contributed by atoms with Crippen LogP contribution in [0.15, 0.2) is 23.3 Å². The van der Waals surface area contributed by atoms with Gasteiger partial charge in [-0.1, -0.05) is 12.7 Å². The molecule has 0 saturated carbocycles. The van der Waals surface area contributed by atoms with E-state index >= 15 is 0 Å². The van der Waals surface area contributed by atoms with Crippen molar-refractivity contribution < 1.29 is 0 Å². The van der Waals surface area contributed by atoms with E-state index in [-0.39, 0.29) is 5.37 Å². The van der Waals surface area contributed by atoms with Crippen LogP contribution in [0.4, 0.5) is 0 Å². The summed E-state index contributed by atoms with van der Waals surface area (Å²) in [4.78, 5) is 1.20. The summed E-state index contributed by atoms with van der Waals surface area (Å²) in [6, 6.07) is 0.441. The average Bonchev–Trinajstić information content (AvgIpc) is 2.34. The van der Waals surface area contributed by atoms with E-state index in [0.717, 1.165) is 12.1 Å². The third kappa shape index (κ3) is 2.57. The molecule has 0 saturated heterocycles. The number of thioether (sulfide) groups is 1. The third-order valence-electron chi connectivity index (χ3n) is 1.57. The molecule has 0 amide bonds. The molecule has 0 spiro atoms. The largest absolute Gasteiger partial charge is 0.382 e. The van der Waals surface area contributed by atoms with Gasteiger partial charge in [0.25, 0.3) is 0 Å². The highest BCUT2D eigenvalue weighted by molar-refractivity contribution is 8.04. The second kappa shape index (κ2) is 4.01. The fourth-order valence-corrected chi connectivity index (χ4v) is 2.01. The Bertz CT molecular complexity index is 209. The lowest BCUT2D eigenvalue weighted by atomic mass is 10.3. The van der Waals surface area contributed by atoms with E-state index in [1.165, 1.54) is 4.91 Å². The summed E-state index contributed by atoms with van der Waals surface area (Å²) < 4.78 is 0. The van der Waals surface area contributed by atoms with Crippen LogP contribution in [0.25, 0.3) is 0 Å². The fraction of sp³-hybridized carbons (Fsp3) is 0.556. The topological polar surface area (TPSA) is 38.0 Å². The average molecular weight is 184 g/mol. The molecule has 12 heavy (non-hydrogen) atoms. The van der Waals surface area contributed by atoms with Crippen LogP contribution in [0.2, 0.25) is 0 Å². The van der Waals surface area contributed by atoms with Crippen LogP contribution in [0.5, 0.6) is 0 Å². The maximum absolute atomic E-state index is 5.74. The zero-order valence-electron chi connectivity index (χ0n) is 7.63. The maximum atomic E-state index is 5.74. The standard InChI is InChI=1S/C9H16N2S/c1-6(2)11-7(3)8-4-5-9(10)12-8/h4,6,9,11H,3,5,10H2,1-2H3. The van der Waals surface area contributed by atoms with E-state index < -0.39 is 0 Å². The van der Waals surface area contributed by atoms with Crippen molar-refractivity contribution in [2.75, 3.05) is 0 Å². The molecule has 1 atom stereocenters. The minimum absolute atomic E-state index is 0.228. The van der Waals surface area contributed by atoms with Gasteiger partial charge in [0.2, 0.25) is 0 Å². The van der Waals surface area contributed by atoms with Crippen molar-refractivity contribution in [3.8, 4) is 0 Å². The molecule has 3 heteroatoms. The van der Waals surface area contributed by atoms with Gasteiger partial charge in [0, 0.05) is 16.6 Å². The Balaban J connectivity index is 2.43. The second-order valence-electron chi connectivity index (χ2n) is 3.24. The zero-order chi connectivity index (χ0) is 9.14. The van der Waals surface area contributed by atoms with Crippen molar-refractivity contribution in [2.24, 2.45) is 5.73 Å². The molecule has 1 aliphatic rings. The predicted molar refractivity (Wildman–Crippen MR) is 55.7 cm³/mol. The quantitative estimate of drug-likeness (QED) is 0.702. The lowest BCUT2D eigenvalue weighted by molar-refractivity contribution is 0.681. The maximum Gasteiger partial charge on any atom is 0.0590 e. The first kappa shape index (κ1) is 9.68. The van der Waals surface area contributed by atoms with Crippen molar-refractivity contribution in [1.29, 1.82) is 0 Å². The van der Waals surface area contributed by atoms with Gasteiger partial charge < -0.3 is 11.1 Å². The van der Waals surface area contributed by atoms with E-state index in [9.17, 15) is 0 Å². The van der Waals surface area contributed by atoms with Crippen molar-refractivity contribution in [1.82, 2.24) is 5.32 Å². The lowest BCUT2D eigenvalue weighted by Crippen LogP contribution is -2.21. The van der Waals surface area contributed by atoms with Gasteiger partial charge in [0.1, 0.15) is 0 Å². The first-order valence-corrected chi connectivity index (χ1v) is 5.05. The van der Waals surface area contributed by atoms with Crippen LogP contribution in [-0.2, 0) is 0 Å². The minimum atomic E-state index is 0.228. The van der Waals surface area contributed by atoms with Crippen molar-refractivity contribution in [3.63, 3.8) is 0 Å². The predicted octanol–water partition coefficient (Wildman–Crippen LogP) is 1.80. The molecule has 1 aliphatic heterocycles. The zero-order valence-corrected chi connectivity index (χ0v) is 8.45. The van der Waals surface area contributed by atoms with Gasteiger partial charge in [-0.25, -0.2) is 0 Å². The molecule has 0 aromatic rings. The molecule has 0 bridgehead atoms. The van der Waals surface area contributed by atoms with E-state index in [2.05, 4.69) is 31.8 Å². The third-order valence-corrected chi connectivity index (χ3v) is 2.74.